The molecule has 0 radical (unpaired) electrons. The molecule has 0 aromatic heterocycles. The molecule has 1 aliphatic heterocycles. The molecule has 21 heavy (non-hydrogen) atoms. The van der Waals surface area contributed by atoms with Gasteiger partial charge in [-0.1, -0.05) is 24.4 Å². The summed E-state index contributed by atoms with van der Waals surface area (Å²) in [7, 11) is 0. The van der Waals surface area contributed by atoms with Crippen LogP contribution in [0.1, 0.15) is 32.6 Å². The van der Waals surface area contributed by atoms with Gasteiger partial charge in [-0.2, -0.15) is 0 Å². The van der Waals surface area contributed by atoms with Gasteiger partial charge in [0.25, 0.3) is 0 Å². The molecule has 0 bridgehead atoms. The quantitative estimate of drug-likeness (QED) is 0.913. The van der Waals surface area contributed by atoms with Crippen LogP contribution in [0.5, 0.6) is 0 Å². The molecular formula is C17H20ClNO2. The first-order valence-corrected chi connectivity index (χ1v) is 7.91. The fourth-order valence-corrected chi connectivity index (χ4v) is 3.86. The zero-order valence-electron chi connectivity index (χ0n) is 12.2. The molecule has 0 saturated heterocycles. The normalized spacial score (nSPS) is 23.1. The van der Waals surface area contributed by atoms with Crippen molar-refractivity contribution in [1.82, 2.24) is 0 Å². The predicted molar refractivity (Wildman–Crippen MR) is 84.9 cm³/mol. The molecule has 112 valence electrons. The summed E-state index contributed by atoms with van der Waals surface area (Å²) in [5.74, 6) is 0.666. The highest BCUT2D eigenvalue weighted by molar-refractivity contribution is 6.30. The summed E-state index contributed by atoms with van der Waals surface area (Å²) in [5.41, 5.74) is 1.62. The number of carbonyl (C=O) groups excluding carboxylic acids is 1. The molecular weight excluding hydrogens is 286 g/mol. The van der Waals surface area contributed by atoms with E-state index in [-0.39, 0.29) is 17.6 Å². The van der Waals surface area contributed by atoms with Crippen molar-refractivity contribution < 1.29 is 9.90 Å². The van der Waals surface area contributed by atoms with Gasteiger partial charge in [0, 0.05) is 10.7 Å². The Kier molecular flexibility index (Phi) is 3.94. The topological polar surface area (TPSA) is 40.5 Å². The molecule has 1 aromatic carbocycles. The van der Waals surface area contributed by atoms with Crippen LogP contribution in [0.3, 0.4) is 0 Å². The Balaban J connectivity index is 1.96. The highest BCUT2D eigenvalue weighted by Gasteiger charge is 2.41. The molecule has 4 heteroatoms. The van der Waals surface area contributed by atoms with Crippen molar-refractivity contribution in [2.24, 2.45) is 5.92 Å². The molecule has 1 atom stereocenters. The predicted octanol–water partition coefficient (Wildman–Crippen LogP) is 4.12. The number of benzene rings is 1. The van der Waals surface area contributed by atoms with Gasteiger partial charge >= 0.3 is 0 Å². The molecule has 1 N–H and O–H groups in total. The van der Waals surface area contributed by atoms with E-state index in [2.05, 4.69) is 4.90 Å². The van der Waals surface area contributed by atoms with Gasteiger partial charge < -0.3 is 10.0 Å². The number of halogens is 1. The van der Waals surface area contributed by atoms with E-state index in [0.717, 1.165) is 18.5 Å². The van der Waals surface area contributed by atoms with E-state index in [1.807, 2.05) is 24.3 Å². The minimum Gasteiger partial charge on any atom is -0.510 e. The molecule has 0 spiro atoms. The maximum atomic E-state index is 12.0. The van der Waals surface area contributed by atoms with Crippen LogP contribution in [-0.4, -0.2) is 23.5 Å². The Morgan fingerprint density at radius 2 is 1.86 bits per heavy atom. The zero-order valence-corrected chi connectivity index (χ0v) is 12.9. The summed E-state index contributed by atoms with van der Waals surface area (Å²) in [6, 6.07) is 7.63. The van der Waals surface area contributed by atoms with E-state index in [1.165, 1.54) is 12.8 Å². The van der Waals surface area contributed by atoms with Gasteiger partial charge in [0.2, 0.25) is 0 Å². The number of carbonyl (C=O) groups is 1. The van der Waals surface area contributed by atoms with E-state index >= 15 is 0 Å². The molecule has 1 unspecified atom stereocenters. The molecule has 1 aromatic rings. The standard InChI is InChI=1S/C17H20ClNO2/c1-11(20)16-15(21)10-19(14-8-6-13(18)7-9-14)17(16)12-4-2-3-5-12/h6-9,12,17,21H,2-5,10H2,1H3. The third kappa shape index (κ3) is 2.67. The second kappa shape index (κ2) is 5.72. The summed E-state index contributed by atoms with van der Waals surface area (Å²) in [6.07, 6.45) is 4.67. The van der Waals surface area contributed by atoms with Crippen molar-refractivity contribution in [2.75, 3.05) is 11.4 Å². The highest BCUT2D eigenvalue weighted by atomic mass is 35.5. The first kappa shape index (κ1) is 14.5. The van der Waals surface area contributed by atoms with Gasteiger partial charge in [-0.3, -0.25) is 4.79 Å². The van der Waals surface area contributed by atoms with Gasteiger partial charge in [-0.25, -0.2) is 0 Å². The summed E-state index contributed by atoms with van der Waals surface area (Å²) < 4.78 is 0. The average molecular weight is 306 g/mol. The highest BCUT2D eigenvalue weighted by Crippen LogP contribution is 2.40. The number of anilines is 1. The third-order valence-electron chi connectivity index (χ3n) is 4.65. The van der Waals surface area contributed by atoms with Gasteiger partial charge in [-0.15, -0.1) is 0 Å². The van der Waals surface area contributed by atoms with E-state index in [4.69, 9.17) is 11.6 Å². The molecule has 2 aliphatic rings. The van der Waals surface area contributed by atoms with Gasteiger partial charge in [0.05, 0.1) is 18.2 Å². The number of rotatable bonds is 3. The Labute approximate surface area is 130 Å². The Morgan fingerprint density at radius 1 is 1.24 bits per heavy atom. The smallest absolute Gasteiger partial charge is 0.161 e. The van der Waals surface area contributed by atoms with Crippen LogP contribution in [0.15, 0.2) is 35.6 Å². The molecule has 3 rings (SSSR count). The van der Waals surface area contributed by atoms with Crippen LogP contribution >= 0.6 is 11.6 Å². The van der Waals surface area contributed by atoms with Gasteiger partial charge in [0.1, 0.15) is 5.76 Å². The van der Waals surface area contributed by atoms with Gasteiger partial charge in [-0.05, 0) is 49.9 Å². The van der Waals surface area contributed by atoms with Crippen LogP contribution in [-0.2, 0) is 4.79 Å². The lowest BCUT2D eigenvalue weighted by Crippen LogP contribution is -2.38. The Hall–Kier alpha value is -1.48. The number of hydrogen-bond acceptors (Lipinski definition) is 3. The van der Waals surface area contributed by atoms with Gasteiger partial charge in [0.15, 0.2) is 5.78 Å². The fourth-order valence-electron chi connectivity index (χ4n) is 3.73. The molecule has 0 amide bonds. The van der Waals surface area contributed by atoms with Crippen molar-refractivity contribution in [2.45, 2.75) is 38.6 Å². The number of aliphatic hydroxyl groups is 1. The number of Topliss-reactive ketones (excluding diaryl/α,β-unsaturated/α-hetero) is 1. The second-order valence-corrected chi connectivity index (χ2v) is 6.45. The number of nitrogens with zero attached hydrogens (tertiary/aromatic N) is 1. The van der Waals surface area contributed by atoms with Crippen LogP contribution in [0, 0.1) is 5.92 Å². The fraction of sp³-hybridized carbons (Fsp3) is 0.471. The first-order valence-electron chi connectivity index (χ1n) is 7.53. The first-order chi connectivity index (χ1) is 10.1. The van der Waals surface area contributed by atoms with Crippen LogP contribution < -0.4 is 4.90 Å². The molecule has 1 heterocycles. The minimum absolute atomic E-state index is 0.00572. The summed E-state index contributed by atoms with van der Waals surface area (Å²) in [5, 5.41) is 11.0. The Morgan fingerprint density at radius 3 is 2.43 bits per heavy atom. The Bertz CT molecular complexity index is 573. The lowest BCUT2D eigenvalue weighted by Gasteiger charge is -2.32. The van der Waals surface area contributed by atoms with E-state index < -0.39 is 0 Å². The number of aliphatic hydroxyl groups excluding tert-OH is 1. The zero-order chi connectivity index (χ0) is 15.0. The summed E-state index contributed by atoms with van der Waals surface area (Å²) in [6.45, 7) is 1.97. The van der Waals surface area contributed by atoms with Crippen molar-refractivity contribution in [3.8, 4) is 0 Å². The second-order valence-electron chi connectivity index (χ2n) is 6.01. The van der Waals surface area contributed by atoms with E-state index in [9.17, 15) is 9.90 Å². The number of hydrogen-bond donors (Lipinski definition) is 1. The van der Waals surface area contributed by atoms with Crippen molar-refractivity contribution in [1.29, 1.82) is 0 Å². The molecule has 1 saturated carbocycles. The van der Waals surface area contributed by atoms with Crippen LogP contribution in [0.4, 0.5) is 5.69 Å². The monoisotopic (exact) mass is 305 g/mol. The largest absolute Gasteiger partial charge is 0.510 e. The maximum Gasteiger partial charge on any atom is 0.161 e. The van der Waals surface area contributed by atoms with Crippen molar-refractivity contribution >= 4 is 23.1 Å². The third-order valence-corrected chi connectivity index (χ3v) is 4.90. The molecule has 1 aliphatic carbocycles. The summed E-state index contributed by atoms with van der Waals surface area (Å²) in [4.78, 5) is 14.1. The van der Waals surface area contributed by atoms with E-state index in [0.29, 0.717) is 23.1 Å². The van der Waals surface area contributed by atoms with Crippen molar-refractivity contribution in [3.05, 3.63) is 40.6 Å². The number of ketones is 1. The maximum absolute atomic E-state index is 12.0. The minimum atomic E-state index is -0.0131. The SMILES string of the molecule is CC(=O)C1=C(O)CN(c2ccc(Cl)cc2)C1C1CCCC1. The lowest BCUT2D eigenvalue weighted by molar-refractivity contribution is -0.114. The average Bonchev–Trinajstić information content (AvgIpc) is 3.06. The molecule has 3 nitrogen and oxygen atoms in total. The van der Waals surface area contributed by atoms with Crippen LogP contribution in [0.2, 0.25) is 5.02 Å². The molecule has 1 fully saturated rings. The lowest BCUT2D eigenvalue weighted by atomic mass is 9.90. The van der Waals surface area contributed by atoms with E-state index in [1.54, 1.807) is 6.92 Å². The summed E-state index contributed by atoms with van der Waals surface area (Å²) >= 11 is 5.96. The van der Waals surface area contributed by atoms with Crippen LogP contribution in [0.25, 0.3) is 0 Å². The van der Waals surface area contributed by atoms with Crippen molar-refractivity contribution in [3.63, 3.8) is 0 Å².